The molecule has 0 aromatic carbocycles. The van der Waals surface area contributed by atoms with Crippen molar-refractivity contribution in [3.8, 4) is 0 Å². The zero-order valence-electron chi connectivity index (χ0n) is 11.8. The number of hydrogen-bond acceptors (Lipinski definition) is 4. The van der Waals surface area contributed by atoms with E-state index < -0.39 is 0 Å². The zero-order valence-corrected chi connectivity index (χ0v) is 12.6. The molecule has 19 heavy (non-hydrogen) atoms. The monoisotopic (exact) mass is 275 g/mol. The Morgan fingerprint density at radius 1 is 1.32 bits per heavy atom. The van der Waals surface area contributed by atoms with Gasteiger partial charge in [0.25, 0.3) is 0 Å². The molecule has 0 saturated heterocycles. The van der Waals surface area contributed by atoms with Gasteiger partial charge in [0.05, 0.1) is 0 Å². The molecule has 2 aromatic rings. The average molecular weight is 275 g/mol. The van der Waals surface area contributed by atoms with E-state index in [1.807, 2.05) is 24.6 Å². The summed E-state index contributed by atoms with van der Waals surface area (Å²) in [5.74, 6) is 0.928. The van der Waals surface area contributed by atoms with Crippen molar-refractivity contribution < 1.29 is 0 Å². The van der Waals surface area contributed by atoms with Crippen LogP contribution < -0.4 is 5.32 Å². The van der Waals surface area contributed by atoms with Gasteiger partial charge in [-0.3, -0.25) is 4.90 Å². The van der Waals surface area contributed by atoms with Crippen molar-refractivity contribution in [2.75, 3.05) is 12.4 Å². The molecule has 0 amide bonds. The zero-order chi connectivity index (χ0) is 13.7. The smallest absolute Gasteiger partial charge is 0.125 e. The lowest BCUT2D eigenvalue weighted by atomic mass is 10.2. The molecule has 0 aliphatic carbocycles. The summed E-state index contributed by atoms with van der Waals surface area (Å²) < 4.78 is 0. The second kappa shape index (κ2) is 6.68. The van der Waals surface area contributed by atoms with Gasteiger partial charge in [-0.2, -0.15) is 0 Å². The standard InChI is InChI=1S/C15H21N3S/c1-12(2)18(11-14-5-4-8-19-14)10-13-6-7-17-15(9-13)16-3/h4-9,12H,10-11H2,1-3H3,(H,16,17). The maximum Gasteiger partial charge on any atom is 0.125 e. The SMILES string of the molecule is CNc1cc(CN(Cc2cccs2)C(C)C)ccn1. The van der Waals surface area contributed by atoms with Crippen LogP contribution in [0.1, 0.15) is 24.3 Å². The Labute approximate surface area is 119 Å². The quantitative estimate of drug-likeness (QED) is 0.873. The largest absolute Gasteiger partial charge is 0.373 e. The van der Waals surface area contributed by atoms with Crippen LogP contribution in [0.15, 0.2) is 35.8 Å². The molecule has 102 valence electrons. The lowest BCUT2D eigenvalue weighted by Crippen LogP contribution is -2.29. The summed E-state index contributed by atoms with van der Waals surface area (Å²) in [5, 5.41) is 5.23. The van der Waals surface area contributed by atoms with Gasteiger partial charge in [0.2, 0.25) is 0 Å². The van der Waals surface area contributed by atoms with E-state index in [-0.39, 0.29) is 0 Å². The predicted octanol–water partition coefficient (Wildman–Crippen LogP) is 3.60. The van der Waals surface area contributed by atoms with Crippen LogP contribution in [0.25, 0.3) is 0 Å². The molecular weight excluding hydrogens is 254 g/mol. The summed E-state index contributed by atoms with van der Waals surface area (Å²) in [7, 11) is 1.90. The van der Waals surface area contributed by atoms with Gasteiger partial charge in [-0.1, -0.05) is 6.07 Å². The molecule has 0 radical (unpaired) electrons. The maximum absolute atomic E-state index is 4.26. The van der Waals surface area contributed by atoms with Crippen LogP contribution in [-0.4, -0.2) is 23.0 Å². The number of hydrogen-bond donors (Lipinski definition) is 1. The molecule has 0 unspecified atom stereocenters. The first-order valence-corrected chi connectivity index (χ1v) is 7.46. The number of nitrogens with zero attached hydrogens (tertiary/aromatic N) is 2. The van der Waals surface area contributed by atoms with Crippen molar-refractivity contribution in [3.63, 3.8) is 0 Å². The maximum atomic E-state index is 4.26. The highest BCUT2D eigenvalue weighted by Crippen LogP contribution is 2.17. The van der Waals surface area contributed by atoms with Gasteiger partial charge in [0.1, 0.15) is 5.82 Å². The molecule has 3 nitrogen and oxygen atoms in total. The van der Waals surface area contributed by atoms with E-state index >= 15 is 0 Å². The minimum Gasteiger partial charge on any atom is -0.373 e. The number of rotatable bonds is 6. The summed E-state index contributed by atoms with van der Waals surface area (Å²) in [6.45, 7) is 6.45. The third kappa shape index (κ3) is 4.04. The van der Waals surface area contributed by atoms with E-state index in [1.165, 1.54) is 10.4 Å². The first kappa shape index (κ1) is 14.0. The lowest BCUT2D eigenvalue weighted by Gasteiger charge is -2.26. The van der Waals surface area contributed by atoms with Crippen molar-refractivity contribution in [1.82, 2.24) is 9.88 Å². The minimum absolute atomic E-state index is 0.522. The highest BCUT2D eigenvalue weighted by atomic mass is 32.1. The number of thiophene rings is 1. The molecule has 0 bridgehead atoms. The van der Waals surface area contributed by atoms with Crippen molar-refractivity contribution in [2.24, 2.45) is 0 Å². The van der Waals surface area contributed by atoms with E-state index in [0.717, 1.165) is 18.9 Å². The second-order valence-corrected chi connectivity index (χ2v) is 5.91. The third-order valence-electron chi connectivity index (χ3n) is 3.14. The van der Waals surface area contributed by atoms with Crippen LogP contribution in [0, 0.1) is 0 Å². The molecule has 0 fully saturated rings. The van der Waals surface area contributed by atoms with Gasteiger partial charge in [0.15, 0.2) is 0 Å². The highest BCUT2D eigenvalue weighted by Gasteiger charge is 2.11. The predicted molar refractivity (Wildman–Crippen MR) is 82.5 cm³/mol. The summed E-state index contributed by atoms with van der Waals surface area (Å²) in [5.41, 5.74) is 1.30. The topological polar surface area (TPSA) is 28.2 Å². The van der Waals surface area contributed by atoms with Gasteiger partial charge < -0.3 is 5.32 Å². The third-order valence-corrected chi connectivity index (χ3v) is 4.00. The lowest BCUT2D eigenvalue weighted by molar-refractivity contribution is 0.205. The normalized spacial score (nSPS) is 11.2. The van der Waals surface area contributed by atoms with Crippen molar-refractivity contribution in [1.29, 1.82) is 0 Å². The summed E-state index contributed by atoms with van der Waals surface area (Å²) >= 11 is 1.82. The van der Waals surface area contributed by atoms with Gasteiger partial charge in [-0.15, -0.1) is 11.3 Å². The van der Waals surface area contributed by atoms with Crippen LogP contribution in [0.4, 0.5) is 5.82 Å². The second-order valence-electron chi connectivity index (χ2n) is 4.88. The highest BCUT2D eigenvalue weighted by molar-refractivity contribution is 7.09. The van der Waals surface area contributed by atoms with Crippen LogP contribution in [0.3, 0.4) is 0 Å². The van der Waals surface area contributed by atoms with E-state index in [4.69, 9.17) is 0 Å². The Hall–Kier alpha value is -1.39. The molecule has 0 aliphatic heterocycles. The fourth-order valence-corrected chi connectivity index (χ4v) is 2.70. The van der Waals surface area contributed by atoms with Crippen molar-refractivity contribution in [3.05, 3.63) is 46.3 Å². The van der Waals surface area contributed by atoms with E-state index in [9.17, 15) is 0 Å². The summed E-state index contributed by atoms with van der Waals surface area (Å²) in [6.07, 6.45) is 1.87. The summed E-state index contributed by atoms with van der Waals surface area (Å²) in [4.78, 5) is 8.14. The fraction of sp³-hybridized carbons (Fsp3) is 0.400. The van der Waals surface area contributed by atoms with Crippen molar-refractivity contribution in [2.45, 2.75) is 33.0 Å². The average Bonchev–Trinajstić information content (AvgIpc) is 2.91. The first-order chi connectivity index (χ1) is 9.19. The Bertz CT molecular complexity index is 494. The van der Waals surface area contributed by atoms with Gasteiger partial charge in [-0.25, -0.2) is 4.98 Å². The molecule has 2 aromatic heterocycles. The molecule has 2 heterocycles. The Morgan fingerprint density at radius 3 is 2.79 bits per heavy atom. The van der Waals surface area contributed by atoms with Gasteiger partial charge in [-0.05, 0) is 43.0 Å². The van der Waals surface area contributed by atoms with Gasteiger partial charge in [0, 0.05) is 37.3 Å². The van der Waals surface area contributed by atoms with Crippen LogP contribution in [-0.2, 0) is 13.1 Å². The van der Waals surface area contributed by atoms with Crippen LogP contribution in [0.5, 0.6) is 0 Å². The molecule has 0 saturated carbocycles. The molecule has 4 heteroatoms. The first-order valence-electron chi connectivity index (χ1n) is 6.58. The van der Waals surface area contributed by atoms with E-state index in [1.54, 1.807) is 0 Å². The number of anilines is 1. The number of pyridine rings is 1. The molecule has 0 aliphatic rings. The molecular formula is C15H21N3S. The van der Waals surface area contributed by atoms with Crippen molar-refractivity contribution >= 4 is 17.2 Å². The summed E-state index contributed by atoms with van der Waals surface area (Å²) in [6, 6.07) is 9.04. The van der Waals surface area contributed by atoms with Crippen LogP contribution >= 0.6 is 11.3 Å². The molecule has 0 spiro atoms. The Morgan fingerprint density at radius 2 is 2.16 bits per heavy atom. The fourth-order valence-electron chi connectivity index (χ4n) is 1.97. The van der Waals surface area contributed by atoms with E-state index in [0.29, 0.717) is 6.04 Å². The molecule has 1 N–H and O–H groups in total. The number of aromatic nitrogens is 1. The Balaban J connectivity index is 2.07. The minimum atomic E-state index is 0.522. The van der Waals surface area contributed by atoms with Crippen LogP contribution in [0.2, 0.25) is 0 Å². The Kier molecular flexibility index (Phi) is 4.93. The number of nitrogens with one attached hydrogen (secondary N) is 1. The molecule has 0 atom stereocenters. The van der Waals surface area contributed by atoms with Gasteiger partial charge >= 0.3 is 0 Å². The molecule has 2 rings (SSSR count). The van der Waals surface area contributed by atoms with E-state index in [2.05, 4.69) is 58.7 Å².